The molecule has 0 aliphatic carbocycles. The van der Waals surface area contributed by atoms with Crippen LogP contribution in [0.1, 0.15) is 76.4 Å². The highest BCUT2D eigenvalue weighted by molar-refractivity contribution is 7.09. The Bertz CT molecular complexity index is 1090. The van der Waals surface area contributed by atoms with Gasteiger partial charge in [0.05, 0.1) is 12.1 Å². The Labute approximate surface area is 226 Å². The number of aliphatic imine (C=N–C) groups is 1. The van der Waals surface area contributed by atoms with E-state index in [0.717, 1.165) is 6.42 Å². The normalized spacial score (nSPS) is 30.6. The molecule has 8 atom stereocenters. The number of carbonyl (C=O) groups is 4. The minimum absolute atomic E-state index is 0.0116. The second-order valence-corrected chi connectivity index (χ2v) is 11.2. The molecule has 3 rings (SSSR count). The zero-order valence-electron chi connectivity index (χ0n) is 22.8. The number of nitrogens with one attached hydrogen (secondary N) is 4. The van der Waals surface area contributed by atoms with Gasteiger partial charge in [-0.2, -0.15) is 0 Å². The average molecular weight is 551 g/mol. The van der Waals surface area contributed by atoms with Gasteiger partial charge in [-0.15, -0.1) is 11.3 Å². The van der Waals surface area contributed by atoms with E-state index in [0.29, 0.717) is 5.01 Å². The lowest BCUT2D eigenvalue weighted by Gasteiger charge is -2.27. The maximum absolute atomic E-state index is 13.4. The van der Waals surface area contributed by atoms with Gasteiger partial charge in [-0.25, -0.2) is 9.98 Å². The van der Waals surface area contributed by atoms with E-state index < -0.39 is 60.1 Å². The van der Waals surface area contributed by atoms with Crippen molar-refractivity contribution in [3.63, 3.8) is 0 Å². The van der Waals surface area contributed by atoms with Crippen LogP contribution in [0, 0.1) is 11.8 Å². The van der Waals surface area contributed by atoms with Crippen molar-refractivity contribution < 1.29 is 29.0 Å². The number of aliphatic hydroxyl groups is 1. The standard InChI is InChI=1S/C25H38N6O6S/c1-8-11(4)17-25-27-15(9-38-25)21(34)26-12(5)20(33)30-18(13(6)32)22(35)28-16(10(2)3)24-31-19(14(7)37-24)23(36)29-17/h9-14,16-19,32H,8H2,1-7H3,(H,26,34)(H,28,35)(H,29,36)(H,30,33)/t11-,12+,13+,14+,16-,17+,18-,19-/m0/s1. The first-order valence-corrected chi connectivity index (χ1v) is 13.8. The molecule has 4 amide bonds. The monoisotopic (exact) mass is 550 g/mol. The number of nitrogens with zero attached hydrogens (tertiary/aromatic N) is 2. The van der Waals surface area contributed by atoms with E-state index in [1.54, 1.807) is 12.3 Å². The lowest BCUT2D eigenvalue weighted by molar-refractivity contribution is -0.132. The van der Waals surface area contributed by atoms with Gasteiger partial charge in [0.25, 0.3) is 5.91 Å². The van der Waals surface area contributed by atoms with Gasteiger partial charge in [-0.05, 0) is 32.6 Å². The van der Waals surface area contributed by atoms with Gasteiger partial charge < -0.3 is 31.1 Å². The Morgan fingerprint density at radius 3 is 2.18 bits per heavy atom. The molecule has 0 radical (unpaired) electrons. The summed E-state index contributed by atoms with van der Waals surface area (Å²) in [5.74, 6) is -2.19. The van der Waals surface area contributed by atoms with Crippen LogP contribution in [0.4, 0.5) is 0 Å². The molecule has 12 nitrogen and oxygen atoms in total. The van der Waals surface area contributed by atoms with Crippen molar-refractivity contribution >= 4 is 40.9 Å². The number of aromatic nitrogens is 1. The van der Waals surface area contributed by atoms with Crippen LogP contribution < -0.4 is 21.3 Å². The lowest BCUT2D eigenvalue weighted by Crippen LogP contribution is -2.59. The third-order valence-electron chi connectivity index (χ3n) is 6.85. The molecular formula is C25H38N6O6S. The zero-order valence-corrected chi connectivity index (χ0v) is 23.6. The summed E-state index contributed by atoms with van der Waals surface area (Å²) in [5.41, 5.74) is 0.107. The largest absolute Gasteiger partial charge is 0.474 e. The van der Waals surface area contributed by atoms with Crippen LogP contribution in [0.5, 0.6) is 0 Å². The number of amides is 4. The second kappa shape index (κ2) is 12.2. The first kappa shape index (κ1) is 29.5. The van der Waals surface area contributed by atoms with E-state index in [2.05, 4.69) is 31.2 Å². The van der Waals surface area contributed by atoms with Gasteiger partial charge in [0.15, 0.2) is 6.04 Å². The van der Waals surface area contributed by atoms with Crippen LogP contribution in [-0.2, 0) is 19.1 Å². The van der Waals surface area contributed by atoms with Gasteiger partial charge in [-0.1, -0.05) is 34.1 Å². The van der Waals surface area contributed by atoms with Crippen LogP contribution in [0.25, 0.3) is 0 Å². The number of carbonyl (C=O) groups excluding carboxylic acids is 4. The molecule has 0 fully saturated rings. The van der Waals surface area contributed by atoms with Gasteiger partial charge in [0.2, 0.25) is 23.6 Å². The van der Waals surface area contributed by atoms with Crippen molar-refractivity contribution in [3.8, 4) is 0 Å². The van der Waals surface area contributed by atoms with Crippen molar-refractivity contribution in [2.45, 2.75) is 97.3 Å². The highest BCUT2D eigenvalue weighted by Gasteiger charge is 2.40. The molecule has 5 N–H and O–H groups in total. The highest BCUT2D eigenvalue weighted by Crippen LogP contribution is 2.29. The Balaban J connectivity index is 2.04. The van der Waals surface area contributed by atoms with E-state index in [1.807, 2.05) is 27.7 Å². The maximum Gasteiger partial charge on any atom is 0.271 e. The third kappa shape index (κ3) is 6.49. The summed E-state index contributed by atoms with van der Waals surface area (Å²) >= 11 is 1.24. The molecule has 2 aliphatic heterocycles. The zero-order chi connectivity index (χ0) is 28.3. The van der Waals surface area contributed by atoms with E-state index in [-0.39, 0.29) is 29.3 Å². The van der Waals surface area contributed by atoms with Crippen molar-refractivity contribution in [2.75, 3.05) is 0 Å². The molecule has 0 unspecified atom stereocenters. The van der Waals surface area contributed by atoms with E-state index in [1.165, 1.54) is 25.2 Å². The fraction of sp³-hybridized carbons (Fsp3) is 0.680. The summed E-state index contributed by atoms with van der Waals surface area (Å²) in [7, 11) is 0. The molecule has 0 saturated carbocycles. The smallest absolute Gasteiger partial charge is 0.271 e. The van der Waals surface area contributed by atoms with Gasteiger partial charge in [0, 0.05) is 5.38 Å². The van der Waals surface area contributed by atoms with E-state index >= 15 is 0 Å². The molecule has 0 saturated heterocycles. The van der Waals surface area contributed by atoms with Gasteiger partial charge in [-0.3, -0.25) is 19.2 Å². The van der Waals surface area contributed by atoms with E-state index in [9.17, 15) is 24.3 Å². The molecule has 0 spiro atoms. The molecule has 13 heteroatoms. The van der Waals surface area contributed by atoms with Crippen LogP contribution in [0.3, 0.4) is 0 Å². The van der Waals surface area contributed by atoms with Crippen molar-refractivity contribution in [3.05, 3.63) is 16.1 Å². The van der Waals surface area contributed by atoms with E-state index in [4.69, 9.17) is 4.74 Å². The molecule has 38 heavy (non-hydrogen) atoms. The Hall–Kier alpha value is -3.06. The molecule has 3 heterocycles. The van der Waals surface area contributed by atoms with Crippen LogP contribution >= 0.6 is 11.3 Å². The minimum Gasteiger partial charge on any atom is -0.474 e. The number of ether oxygens (including phenoxy) is 1. The summed E-state index contributed by atoms with van der Waals surface area (Å²) in [4.78, 5) is 61.2. The van der Waals surface area contributed by atoms with Crippen LogP contribution in [-0.4, -0.2) is 76.0 Å². The molecular weight excluding hydrogens is 512 g/mol. The first-order valence-electron chi connectivity index (χ1n) is 12.9. The van der Waals surface area contributed by atoms with Crippen molar-refractivity contribution in [2.24, 2.45) is 16.8 Å². The van der Waals surface area contributed by atoms with Crippen molar-refractivity contribution in [1.82, 2.24) is 26.3 Å². The quantitative estimate of drug-likeness (QED) is 0.367. The first-order chi connectivity index (χ1) is 17.8. The number of aliphatic hydroxyl groups excluding tert-OH is 1. The number of thiazole rings is 1. The maximum atomic E-state index is 13.4. The average Bonchev–Trinajstić information content (AvgIpc) is 3.49. The summed E-state index contributed by atoms with van der Waals surface area (Å²) in [5, 5.41) is 23.3. The second-order valence-electron chi connectivity index (χ2n) is 10.3. The third-order valence-corrected chi connectivity index (χ3v) is 7.78. The minimum atomic E-state index is -1.30. The Morgan fingerprint density at radius 2 is 1.58 bits per heavy atom. The molecule has 1 aromatic heterocycles. The summed E-state index contributed by atoms with van der Waals surface area (Å²) < 4.78 is 5.94. The SMILES string of the molecule is CC[C@H](C)[C@H]1NC(=O)[C@H]2N=C(O[C@@H]2C)[C@H](C(C)C)NC(=O)[C@H]([C@@H](C)O)NC(=O)[C@@H](C)NC(=O)c2csc1n2. The number of hydrogen-bond acceptors (Lipinski definition) is 9. The van der Waals surface area contributed by atoms with Gasteiger partial charge >= 0.3 is 0 Å². The van der Waals surface area contributed by atoms with Gasteiger partial charge in [0.1, 0.15) is 34.9 Å². The summed E-state index contributed by atoms with van der Waals surface area (Å²) in [6.45, 7) is 12.3. The molecule has 0 aromatic carbocycles. The fourth-order valence-corrected chi connectivity index (χ4v) is 5.17. The van der Waals surface area contributed by atoms with Crippen LogP contribution in [0.15, 0.2) is 10.4 Å². The highest BCUT2D eigenvalue weighted by atomic mass is 32.1. The number of fused-ring (bicyclic) bond motifs is 3. The van der Waals surface area contributed by atoms with Crippen molar-refractivity contribution in [1.29, 1.82) is 0 Å². The molecule has 1 aromatic rings. The number of hydrogen-bond donors (Lipinski definition) is 5. The molecule has 210 valence electrons. The molecule has 2 aliphatic rings. The predicted molar refractivity (Wildman–Crippen MR) is 142 cm³/mol. The summed E-state index contributed by atoms with van der Waals surface area (Å²) in [6.07, 6.45) is -1.07. The number of rotatable bonds is 4. The Morgan fingerprint density at radius 1 is 0.947 bits per heavy atom. The summed E-state index contributed by atoms with van der Waals surface area (Å²) in [6, 6.07) is -4.34. The fourth-order valence-electron chi connectivity index (χ4n) is 4.19. The Kier molecular flexibility index (Phi) is 9.47. The van der Waals surface area contributed by atoms with Crippen LogP contribution in [0.2, 0.25) is 0 Å². The predicted octanol–water partition coefficient (Wildman–Crippen LogP) is 0.671. The lowest BCUT2D eigenvalue weighted by atomic mass is 9.99. The molecule has 4 bridgehead atoms. The topological polar surface area (TPSA) is 171 Å².